The number of aliphatic carboxylic acids is 3. The summed E-state index contributed by atoms with van der Waals surface area (Å²) in [4.78, 5) is 31.7. The summed E-state index contributed by atoms with van der Waals surface area (Å²) in [5, 5.41) is 31.7. The third-order valence-electron chi connectivity index (χ3n) is 7.35. The number of carboxylic acid groups (broad SMARTS) is 3. The maximum Gasteiger partial charge on any atom is 3.00 e. The van der Waals surface area contributed by atoms with Crippen molar-refractivity contribution in [3.63, 3.8) is 0 Å². The second-order valence-electron chi connectivity index (χ2n) is 10.2. The van der Waals surface area contributed by atoms with Gasteiger partial charge in [-0.05, 0) is 38.5 Å². The van der Waals surface area contributed by atoms with Gasteiger partial charge in [0.2, 0.25) is 0 Å². The fourth-order valence-electron chi connectivity index (χ4n) is 4.61. The molecule has 7 heteroatoms. The molecule has 6 nitrogen and oxygen atoms in total. The Morgan fingerprint density at radius 1 is 0.452 bits per heavy atom. The predicted molar refractivity (Wildman–Crippen MR) is 114 cm³/mol. The average Bonchev–Trinajstić information content (AvgIpc) is 2.70. The Morgan fingerprint density at radius 3 is 0.710 bits per heavy atom. The van der Waals surface area contributed by atoms with Crippen LogP contribution in [0.15, 0.2) is 0 Å². The van der Waals surface area contributed by atoms with E-state index in [1.807, 2.05) is 0 Å². The van der Waals surface area contributed by atoms with Crippen molar-refractivity contribution in [3.05, 3.63) is 0 Å². The number of carboxylic acids is 3. The largest absolute Gasteiger partial charge is 3.00 e. The Hall–Kier alpha value is -0.720. The summed E-state index contributed by atoms with van der Waals surface area (Å²) in [6.07, 6.45) is 14.6. The van der Waals surface area contributed by atoms with E-state index in [1.54, 1.807) is 20.8 Å². The third-order valence-corrected chi connectivity index (χ3v) is 7.35. The number of carbonyl (C=O) groups is 3. The number of rotatable bonds is 3. The summed E-state index contributed by atoms with van der Waals surface area (Å²) in [7, 11) is 0. The molecule has 3 rings (SSSR count). The van der Waals surface area contributed by atoms with Gasteiger partial charge in [0.1, 0.15) is 0 Å². The molecule has 174 valence electrons. The molecule has 0 aromatic heterocycles. The first-order chi connectivity index (χ1) is 14.0. The second kappa shape index (κ2) is 13.7. The Bertz CT molecular complexity index is 490. The smallest absolute Gasteiger partial charge is 0.550 e. The maximum atomic E-state index is 10.6. The topological polar surface area (TPSA) is 120 Å². The van der Waals surface area contributed by atoms with Crippen molar-refractivity contribution in [1.82, 2.24) is 0 Å². The fraction of sp³-hybridized carbons (Fsp3) is 0.875. The molecule has 0 spiro atoms. The van der Waals surface area contributed by atoms with Crippen LogP contribution in [-0.4, -0.2) is 43.8 Å². The summed E-state index contributed by atoms with van der Waals surface area (Å²) in [5.41, 5.74) is -1.55. The van der Waals surface area contributed by atoms with Crippen LogP contribution in [0.4, 0.5) is 0 Å². The SMILES string of the molecule is CC1(C(=O)[O-])CCCCC1.CC1(C(=O)[O-])CCCCC1.CC1(C(=O)[O-])CCCCC1.[In+3]. The van der Waals surface area contributed by atoms with Crippen LogP contribution in [0.1, 0.15) is 117 Å². The first-order valence-electron chi connectivity index (χ1n) is 11.6. The molecule has 3 saturated carbocycles. The Kier molecular flexibility index (Phi) is 13.4. The van der Waals surface area contributed by atoms with E-state index in [4.69, 9.17) is 0 Å². The summed E-state index contributed by atoms with van der Waals surface area (Å²) >= 11 is 0. The number of hydrogen-bond donors (Lipinski definition) is 0. The summed E-state index contributed by atoms with van der Waals surface area (Å²) < 4.78 is 0. The predicted octanol–water partition coefficient (Wildman–Crippen LogP) is 1.74. The Labute approximate surface area is 206 Å². The van der Waals surface area contributed by atoms with Gasteiger partial charge < -0.3 is 29.7 Å². The molecule has 0 N–H and O–H groups in total. The molecule has 0 unspecified atom stereocenters. The van der Waals surface area contributed by atoms with Gasteiger partial charge in [-0.1, -0.05) is 78.6 Å². The molecular formula is C24H39InO6. The molecule has 0 amide bonds. The molecular weight excluding hydrogens is 499 g/mol. The maximum absolute atomic E-state index is 10.6. The minimum Gasteiger partial charge on any atom is -0.550 e. The van der Waals surface area contributed by atoms with Crippen molar-refractivity contribution >= 4 is 43.8 Å². The molecule has 3 aliphatic carbocycles. The van der Waals surface area contributed by atoms with Crippen LogP contribution in [0, 0.1) is 16.2 Å². The van der Waals surface area contributed by atoms with E-state index >= 15 is 0 Å². The van der Waals surface area contributed by atoms with Crippen LogP contribution in [-0.2, 0) is 14.4 Å². The van der Waals surface area contributed by atoms with Gasteiger partial charge in [-0.2, -0.15) is 0 Å². The molecule has 0 aliphatic heterocycles. The van der Waals surface area contributed by atoms with E-state index in [2.05, 4.69) is 0 Å². The van der Waals surface area contributed by atoms with E-state index in [0.717, 1.165) is 77.0 Å². The molecule has 0 aromatic rings. The van der Waals surface area contributed by atoms with Crippen LogP contribution in [0.2, 0.25) is 0 Å². The Balaban J connectivity index is 0.000000429. The molecule has 0 aromatic carbocycles. The van der Waals surface area contributed by atoms with Gasteiger partial charge in [0.05, 0.1) is 0 Å². The van der Waals surface area contributed by atoms with Gasteiger partial charge in [-0.25, -0.2) is 0 Å². The molecule has 3 aliphatic rings. The van der Waals surface area contributed by atoms with Crippen molar-refractivity contribution in [3.8, 4) is 0 Å². The zero-order chi connectivity index (χ0) is 22.8. The van der Waals surface area contributed by atoms with Gasteiger partial charge in [-0.3, -0.25) is 0 Å². The minimum atomic E-state index is -0.868. The molecule has 0 radical (unpaired) electrons. The van der Waals surface area contributed by atoms with Crippen LogP contribution >= 0.6 is 0 Å². The molecule has 0 heterocycles. The van der Waals surface area contributed by atoms with Crippen molar-refractivity contribution in [1.29, 1.82) is 0 Å². The molecule has 0 atom stereocenters. The molecule has 0 bridgehead atoms. The van der Waals surface area contributed by atoms with Crippen molar-refractivity contribution in [2.75, 3.05) is 0 Å². The van der Waals surface area contributed by atoms with Gasteiger partial charge in [0.25, 0.3) is 0 Å². The van der Waals surface area contributed by atoms with E-state index in [-0.39, 0.29) is 25.8 Å². The Morgan fingerprint density at radius 2 is 0.613 bits per heavy atom. The molecule has 31 heavy (non-hydrogen) atoms. The van der Waals surface area contributed by atoms with Gasteiger partial charge >= 0.3 is 25.8 Å². The van der Waals surface area contributed by atoms with E-state index in [1.165, 1.54) is 19.3 Å². The average molecular weight is 538 g/mol. The summed E-state index contributed by atoms with van der Waals surface area (Å²) in [5.74, 6) is -2.61. The number of hydrogen-bond acceptors (Lipinski definition) is 6. The van der Waals surface area contributed by atoms with Crippen molar-refractivity contribution < 1.29 is 29.7 Å². The molecule has 0 saturated heterocycles. The fourth-order valence-corrected chi connectivity index (χ4v) is 4.61. The quantitative estimate of drug-likeness (QED) is 0.540. The molecule has 3 fully saturated rings. The van der Waals surface area contributed by atoms with E-state index < -0.39 is 34.2 Å². The van der Waals surface area contributed by atoms with Crippen LogP contribution in [0.5, 0.6) is 0 Å². The summed E-state index contributed by atoms with van der Waals surface area (Å²) in [6.45, 7) is 5.38. The first kappa shape index (κ1) is 30.3. The third kappa shape index (κ3) is 9.75. The van der Waals surface area contributed by atoms with Crippen molar-refractivity contribution in [2.24, 2.45) is 16.2 Å². The zero-order valence-corrected chi connectivity index (χ0v) is 22.9. The second-order valence-corrected chi connectivity index (χ2v) is 10.2. The minimum absolute atomic E-state index is 0. The van der Waals surface area contributed by atoms with E-state index in [9.17, 15) is 29.7 Å². The van der Waals surface area contributed by atoms with Gasteiger partial charge in [0.15, 0.2) is 0 Å². The van der Waals surface area contributed by atoms with Crippen LogP contribution in [0.25, 0.3) is 0 Å². The van der Waals surface area contributed by atoms with Crippen LogP contribution in [0.3, 0.4) is 0 Å². The van der Waals surface area contributed by atoms with Crippen molar-refractivity contribution in [2.45, 2.75) is 117 Å². The normalized spacial score (nSPS) is 23.3. The number of carbonyl (C=O) groups excluding carboxylic acids is 3. The first-order valence-corrected chi connectivity index (χ1v) is 11.6. The van der Waals surface area contributed by atoms with Crippen LogP contribution < -0.4 is 15.3 Å². The van der Waals surface area contributed by atoms with Gasteiger partial charge in [-0.15, -0.1) is 0 Å². The van der Waals surface area contributed by atoms with E-state index in [0.29, 0.717) is 0 Å². The van der Waals surface area contributed by atoms with Gasteiger partial charge in [0, 0.05) is 34.2 Å². The zero-order valence-electron chi connectivity index (χ0n) is 19.6. The monoisotopic (exact) mass is 538 g/mol. The summed E-state index contributed by atoms with van der Waals surface area (Å²) in [6, 6.07) is 0. The standard InChI is InChI=1S/3C8H14O2.In/c3*1-8(7(9)10)5-3-2-4-6-8;/h3*2-6H2,1H3,(H,9,10);/q;;;+3/p-3.